The van der Waals surface area contributed by atoms with Crippen LogP contribution in [0.3, 0.4) is 0 Å². The van der Waals surface area contributed by atoms with Crippen molar-refractivity contribution in [1.82, 2.24) is 10.2 Å². The second-order valence-corrected chi connectivity index (χ2v) is 6.76. The van der Waals surface area contributed by atoms with Gasteiger partial charge in [-0.25, -0.2) is 0 Å². The van der Waals surface area contributed by atoms with Gasteiger partial charge in [0.05, 0.1) is 12.5 Å². The molecule has 2 rings (SSSR count). The van der Waals surface area contributed by atoms with Gasteiger partial charge in [-0.3, -0.25) is 9.59 Å². The van der Waals surface area contributed by atoms with E-state index in [0.717, 1.165) is 31.2 Å². The molecule has 5 heteroatoms. The predicted octanol–water partition coefficient (Wildman–Crippen LogP) is 1.67. The van der Waals surface area contributed by atoms with Crippen molar-refractivity contribution in [2.45, 2.75) is 44.7 Å². The van der Waals surface area contributed by atoms with E-state index in [1.807, 2.05) is 37.3 Å². The van der Waals surface area contributed by atoms with E-state index in [2.05, 4.69) is 5.32 Å². The lowest BCUT2D eigenvalue weighted by atomic mass is 9.74. The van der Waals surface area contributed by atoms with E-state index in [1.165, 1.54) is 4.90 Å². The fourth-order valence-electron chi connectivity index (χ4n) is 3.18. The molecule has 2 amide bonds. The highest BCUT2D eigenvalue weighted by Gasteiger charge is 2.39. The molecule has 23 heavy (non-hydrogen) atoms. The number of rotatable bonds is 5. The number of carbonyl (C=O) groups is 2. The van der Waals surface area contributed by atoms with Crippen molar-refractivity contribution < 1.29 is 9.59 Å². The van der Waals surface area contributed by atoms with Gasteiger partial charge in [-0.1, -0.05) is 43.2 Å². The molecule has 0 aromatic heterocycles. The van der Waals surface area contributed by atoms with Crippen molar-refractivity contribution >= 4 is 11.8 Å². The number of hydrogen-bond donors (Lipinski definition) is 2. The molecule has 0 radical (unpaired) electrons. The highest BCUT2D eigenvalue weighted by Crippen LogP contribution is 2.32. The molecule has 0 aliphatic heterocycles. The summed E-state index contributed by atoms with van der Waals surface area (Å²) in [5.41, 5.74) is 6.85. The molecule has 0 saturated heterocycles. The third-order valence-electron chi connectivity index (χ3n) is 4.64. The van der Waals surface area contributed by atoms with Gasteiger partial charge >= 0.3 is 0 Å². The first-order chi connectivity index (χ1) is 10.9. The van der Waals surface area contributed by atoms with Gasteiger partial charge in [-0.2, -0.15) is 0 Å². The Hall–Kier alpha value is -1.88. The minimum atomic E-state index is -0.468. The van der Waals surface area contributed by atoms with Crippen LogP contribution in [0.1, 0.15) is 38.2 Å². The topological polar surface area (TPSA) is 75.4 Å². The number of likely N-dealkylation sites (N-methyl/N-ethyl adjacent to an activating group) is 1. The minimum absolute atomic E-state index is 0.0236. The van der Waals surface area contributed by atoms with Gasteiger partial charge in [0.2, 0.25) is 11.8 Å². The molecule has 5 nitrogen and oxygen atoms in total. The van der Waals surface area contributed by atoms with E-state index in [1.54, 1.807) is 7.05 Å². The number of carbonyl (C=O) groups excluding carboxylic acids is 2. The molecule has 0 spiro atoms. The fraction of sp³-hybridized carbons (Fsp3) is 0.556. The molecule has 2 atom stereocenters. The highest BCUT2D eigenvalue weighted by molar-refractivity contribution is 5.86. The van der Waals surface area contributed by atoms with Crippen LogP contribution in [-0.4, -0.2) is 35.8 Å². The maximum atomic E-state index is 12.6. The molecule has 0 heterocycles. The summed E-state index contributed by atoms with van der Waals surface area (Å²) >= 11 is 0. The standard InChI is InChI=1S/C18H27N3O2/c1-18(19)11-7-6-10-15(18)17(23)21(2)13-16(22)20-12-14-8-4-3-5-9-14/h3-5,8-9,15H,6-7,10-13,19H2,1-2H3,(H,20,22). The molecule has 0 bridgehead atoms. The van der Waals surface area contributed by atoms with Gasteiger partial charge in [-0.15, -0.1) is 0 Å². The normalized spacial score (nSPS) is 24.0. The maximum absolute atomic E-state index is 12.6. The summed E-state index contributed by atoms with van der Waals surface area (Å²) in [6.45, 7) is 2.48. The number of hydrogen-bond acceptors (Lipinski definition) is 3. The van der Waals surface area contributed by atoms with Gasteiger partial charge in [0.25, 0.3) is 0 Å². The van der Waals surface area contributed by atoms with Crippen LogP contribution in [0.25, 0.3) is 0 Å². The summed E-state index contributed by atoms with van der Waals surface area (Å²) < 4.78 is 0. The van der Waals surface area contributed by atoms with Gasteiger partial charge < -0.3 is 16.0 Å². The van der Waals surface area contributed by atoms with Crippen LogP contribution in [0.15, 0.2) is 30.3 Å². The van der Waals surface area contributed by atoms with Gasteiger partial charge in [0.15, 0.2) is 0 Å². The number of benzene rings is 1. The van der Waals surface area contributed by atoms with Crippen molar-refractivity contribution in [3.05, 3.63) is 35.9 Å². The van der Waals surface area contributed by atoms with Gasteiger partial charge in [0, 0.05) is 19.1 Å². The molecular formula is C18H27N3O2. The number of nitrogens with one attached hydrogen (secondary N) is 1. The third-order valence-corrected chi connectivity index (χ3v) is 4.64. The quantitative estimate of drug-likeness (QED) is 0.867. The van der Waals surface area contributed by atoms with Crippen molar-refractivity contribution in [3.8, 4) is 0 Å². The second-order valence-electron chi connectivity index (χ2n) is 6.76. The average molecular weight is 317 g/mol. The van der Waals surface area contributed by atoms with Crippen molar-refractivity contribution in [2.24, 2.45) is 11.7 Å². The molecule has 1 saturated carbocycles. The number of amides is 2. The Morgan fingerprint density at radius 2 is 2.00 bits per heavy atom. The zero-order chi connectivity index (χ0) is 16.9. The third kappa shape index (κ3) is 4.79. The average Bonchev–Trinajstić information content (AvgIpc) is 2.53. The summed E-state index contributed by atoms with van der Waals surface area (Å²) in [4.78, 5) is 26.1. The van der Waals surface area contributed by atoms with E-state index in [9.17, 15) is 9.59 Å². The molecule has 1 aromatic carbocycles. The summed E-state index contributed by atoms with van der Waals surface area (Å²) in [7, 11) is 1.68. The van der Waals surface area contributed by atoms with Crippen LogP contribution >= 0.6 is 0 Å². The Labute approximate surface area is 138 Å². The van der Waals surface area contributed by atoms with E-state index in [-0.39, 0.29) is 24.3 Å². The lowest BCUT2D eigenvalue weighted by Crippen LogP contribution is -2.54. The Bertz CT molecular complexity index is 542. The summed E-state index contributed by atoms with van der Waals surface area (Å²) in [6, 6.07) is 9.71. The molecule has 126 valence electrons. The van der Waals surface area contributed by atoms with E-state index in [4.69, 9.17) is 5.73 Å². The van der Waals surface area contributed by atoms with Crippen molar-refractivity contribution in [2.75, 3.05) is 13.6 Å². The first kappa shape index (κ1) is 17.5. The highest BCUT2D eigenvalue weighted by atomic mass is 16.2. The largest absolute Gasteiger partial charge is 0.350 e. The van der Waals surface area contributed by atoms with E-state index in [0.29, 0.717) is 6.54 Å². The van der Waals surface area contributed by atoms with Gasteiger partial charge in [-0.05, 0) is 25.3 Å². The van der Waals surface area contributed by atoms with Crippen LogP contribution in [-0.2, 0) is 16.1 Å². The van der Waals surface area contributed by atoms with Gasteiger partial charge in [0.1, 0.15) is 0 Å². The van der Waals surface area contributed by atoms with Crippen LogP contribution in [0.2, 0.25) is 0 Å². The Balaban J connectivity index is 1.84. The van der Waals surface area contributed by atoms with Crippen molar-refractivity contribution in [3.63, 3.8) is 0 Å². The van der Waals surface area contributed by atoms with Crippen LogP contribution in [0, 0.1) is 5.92 Å². The molecule has 1 aliphatic carbocycles. The molecule has 3 N–H and O–H groups in total. The maximum Gasteiger partial charge on any atom is 0.239 e. The monoisotopic (exact) mass is 317 g/mol. The molecular weight excluding hydrogens is 290 g/mol. The summed E-state index contributed by atoms with van der Waals surface area (Å²) in [5, 5.41) is 2.84. The molecule has 1 fully saturated rings. The second kappa shape index (κ2) is 7.59. The summed E-state index contributed by atoms with van der Waals surface area (Å²) in [6.07, 6.45) is 3.76. The Morgan fingerprint density at radius 3 is 2.65 bits per heavy atom. The lowest BCUT2D eigenvalue weighted by Gasteiger charge is -2.39. The fourth-order valence-corrected chi connectivity index (χ4v) is 3.18. The van der Waals surface area contributed by atoms with E-state index >= 15 is 0 Å². The van der Waals surface area contributed by atoms with Crippen LogP contribution in [0.4, 0.5) is 0 Å². The molecule has 1 aliphatic rings. The van der Waals surface area contributed by atoms with Crippen LogP contribution < -0.4 is 11.1 Å². The number of nitrogens with two attached hydrogens (primary N) is 1. The molecule has 1 aromatic rings. The number of nitrogens with zero attached hydrogens (tertiary/aromatic N) is 1. The zero-order valence-corrected chi connectivity index (χ0v) is 14.0. The van der Waals surface area contributed by atoms with E-state index < -0.39 is 5.54 Å². The van der Waals surface area contributed by atoms with Crippen LogP contribution in [0.5, 0.6) is 0 Å². The van der Waals surface area contributed by atoms with Crippen molar-refractivity contribution in [1.29, 1.82) is 0 Å². The minimum Gasteiger partial charge on any atom is -0.350 e. The smallest absolute Gasteiger partial charge is 0.239 e. The first-order valence-electron chi connectivity index (χ1n) is 8.24. The lowest BCUT2D eigenvalue weighted by molar-refractivity contribution is -0.140. The molecule has 2 unspecified atom stereocenters. The Morgan fingerprint density at radius 1 is 1.30 bits per heavy atom. The summed E-state index contributed by atoms with van der Waals surface area (Å²) in [5.74, 6) is -0.369. The Kier molecular flexibility index (Phi) is 5.77. The predicted molar refractivity (Wildman–Crippen MR) is 90.5 cm³/mol. The zero-order valence-electron chi connectivity index (χ0n) is 14.0. The first-order valence-corrected chi connectivity index (χ1v) is 8.24. The SMILES string of the molecule is CN(CC(=O)NCc1ccccc1)C(=O)C1CCCCC1(C)N.